The molecule has 5 nitrogen and oxygen atoms in total. The van der Waals surface area contributed by atoms with Gasteiger partial charge in [-0.2, -0.15) is 13.2 Å². The number of benzene rings is 1. The van der Waals surface area contributed by atoms with Crippen molar-refractivity contribution in [3.05, 3.63) is 53.0 Å². The summed E-state index contributed by atoms with van der Waals surface area (Å²) in [5.74, 6) is -0.473. The van der Waals surface area contributed by atoms with Crippen molar-refractivity contribution in [2.24, 2.45) is 0 Å². The normalized spacial score (nSPS) is 12.6. The van der Waals surface area contributed by atoms with Crippen LogP contribution in [0.25, 0.3) is 0 Å². The number of ether oxygens (including phenoxy) is 1. The number of anilines is 1. The van der Waals surface area contributed by atoms with E-state index in [0.29, 0.717) is 11.5 Å². The zero-order valence-electron chi connectivity index (χ0n) is 13.7. The van der Waals surface area contributed by atoms with Crippen LogP contribution in [0, 0.1) is 13.8 Å². The zero-order valence-corrected chi connectivity index (χ0v) is 13.7. The zero-order chi connectivity index (χ0) is 18.8. The fourth-order valence-corrected chi connectivity index (χ4v) is 2.10. The molecule has 1 heterocycles. The van der Waals surface area contributed by atoms with Crippen molar-refractivity contribution >= 4 is 17.6 Å². The lowest BCUT2D eigenvalue weighted by Crippen LogP contribution is -2.30. The molecular weight excluding hydrogens is 339 g/mol. The van der Waals surface area contributed by atoms with Crippen molar-refractivity contribution in [1.29, 1.82) is 0 Å². The van der Waals surface area contributed by atoms with E-state index in [0.717, 1.165) is 24.3 Å². The average molecular weight is 355 g/mol. The van der Waals surface area contributed by atoms with Crippen LogP contribution in [0.3, 0.4) is 0 Å². The second-order valence-electron chi connectivity index (χ2n) is 5.44. The number of carbonyl (C=O) groups excluding carboxylic acids is 2. The number of hydrogen-bond donors (Lipinski definition) is 1. The van der Waals surface area contributed by atoms with Gasteiger partial charge in [0.25, 0.3) is 5.91 Å². The van der Waals surface area contributed by atoms with Gasteiger partial charge in [-0.3, -0.25) is 4.79 Å². The number of esters is 1. The number of hydrogen-bond acceptors (Lipinski definition) is 4. The highest BCUT2D eigenvalue weighted by atomic mass is 19.4. The first-order valence-corrected chi connectivity index (χ1v) is 7.34. The first-order chi connectivity index (χ1) is 11.6. The molecule has 0 radical (unpaired) electrons. The smallest absolute Gasteiger partial charge is 0.416 e. The maximum absolute atomic E-state index is 12.5. The van der Waals surface area contributed by atoms with Gasteiger partial charge in [0.15, 0.2) is 6.10 Å². The van der Waals surface area contributed by atoms with E-state index in [1.165, 1.54) is 13.0 Å². The van der Waals surface area contributed by atoms with Gasteiger partial charge in [-0.05, 0) is 51.1 Å². The lowest BCUT2D eigenvalue weighted by Gasteiger charge is -2.14. The lowest BCUT2D eigenvalue weighted by molar-refractivity contribution is -0.137. The molecule has 0 saturated carbocycles. The quantitative estimate of drug-likeness (QED) is 0.839. The molecule has 2 aromatic rings. The second-order valence-corrected chi connectivity index (χ2v) is 5.44. The van der Waals surface area contributed by atoms with Crippen molar-refractivity contribution < 1.29 is 31.9 Å². The predicted octanol–water partition coefficient (Wildman–Crippen LogP) is 4.10. The molecule has 1 amide bonds. The van der Waals surface area contributed by atoms with Gasteiger partial charge in [-0.15, -0.1) is 0 Å². The summed E-state index contributed by atoms with van der Waals surface area (Å²) in [5.41, 5.74) is -0.446. The number of halogens is 3. The van der Waals surface area contributed by atoms with E-state index < -0.39 is 29.7 Å². The number of rotatable bonds is 4. The third kappa shape index (κ3) is 4.62. The molecule has 0 spiro atoms. The monoisotopic (exact) mass is 355 g/mol. The van der Waals surface area contributed by atoms with Gasteiger partial charge in [-0.1, -0.05) is 0 Å². The third-order valence-electron chi connectivity index (χ3n) is 3.39. The van der Waals surface area contributed by atoms with Crippen LogP contribution in [0.4, 0.5) is 18.9 Å². The second kappa shape index (κ2) is 7.00. The Morgan fingerprint density at radius 1 is 1.16 bits per heavy atom. The molecule has 2 rings (SSSR count). The molecule has 0 aliphatic heterocycles. The van der Waals surface area contributed by atoms with E-state index >= 15 is 0 Å². The van der Waals surface area contributed by atoms with E-state index in [1.54, 1.807) is 13.8 Å². The van der Waals surface area contributed by atoms with Crippen LogP contribution in [0.5, 0.6) is 0 Å². The van der Waals surface area contributed by atoms with Gasteiger partial charge >= 0.3 is 12.1 Å². The number of nitrogens with one attached hydrogen (secondary N) is 1. The predicted molar refractivity (Wildman–Crippen MR) is 83.1 cm³/mol. The Morgan fingerprint density at radius 3 is 2.24 bits per heavy atom. The minimum Gasteiger partial charge on any atom is -0.466 e. The molecule has 25 heavy (non-hydrogen) atoms. The average Bonchev–Trinajstić information content (AvgIpc) is 2.85. The molecular formula is C17H16F3NO4. The highest BCUT2D eigenvalue weighted by molar-refractivity contribution is 5.97. The summed E-state index contributed by atoms with van der Waals surface area (Å²) >= 11 is 0. The molecule has 0 aliphatic rings. The highest BCUT2D eigenvalue weighted by Crippen LogP contribution is 2.29. The molecule has 0 unspecified atom stereocenters. The maximum Gasteiger partial charge on any atom is 0.416 e. The largest absolute Gasteiger partial charge is 0.466 e. The summed E-state index contributed by atoms with van der Waals surface area (Å²) in [5, 5.41) is 2.39. The SMILES string of the molecule is Cc1cc(C(=O)O[C@@H](C)C(=O)Nc2ccc(C(F)(F)F)cc2)c(C)o1. The van der Waals surface area contributed by atoms with Crippen molar-refractivity contribution in [1.82, 2.24) is 0 Å². The summed E-state index contributed by atoms with van der Waals surface area (Å²) in [6.45, 7) is 4.63. The van der Waals surface area contributed by atoms with E-state index in [2.05, 4.69) is 5.32 Å². The van der Waals surface area contributed by atoms with Crippen LogP contribution in [0.1, 0.15) is 34.4 Å². The van der Waals surface area contributed by atoms with E-state index in [1.807, 2.05) is 0 Å². The fourth-order valence-electron chi connectivity index (χ4n) is 2.10. The Balaban J connectivity index is 1.98. The first kappa shape index (κ1) is 18.6. The Bertz CT molecular complexity index is 778. The molecule has 0 saturated heterocycles. The first-order valence-electron chi connectivity index (χ1n) is 7.34. The topological polar surface area (TPSA) is 68.5 Å². The number of aryl methyl sites for hydroxylation is 2. The molecule has 1 N–H and O–H groups in total. The third-order valence-corrected chi connectivity index (χ3v) is 3.39. The molecule has 0 bridgehead atoms. The molecule has 0 aliphatic carbocycles. The Labute approximate surface area is 141 Å². The summed E-state index contributed by atoms with van der Waals surface area (Å²) in [6, 6.07) is 5.45. The Morgan fingerprint density at radius 2 is 1.76 bits per heavy atom. The summed E-state index contributed by atoms with van der Waals surface area (Å²) in [4.78, 5) is 24.0. The molecule has 1 aromatic heterocycles. The van der Waals surface area contributed by atoms with Crippen LogP contribution in [0.2, 0.25) is 0 Å². The molecule has 1 atom stereocenters. The number of alkyl halides is 3. The van der Waals surface area contributed by atoms with Gasteiger partial charge in [0.2, 0.25) is 0 Å². The lowest BCUT2D eigenvalue weighted by atomic mass is 10.2. The van der Waals surface area contributed by atoms with Gasteiger partial charge in [0.1, 0.15) is 17.1 Å². The van der Waals surface area contributed by atoms with Crippen molar-refractivity contribution in [3.8, 4) is 0 Å². The van der Waals surface area contributed by atoms with Crippen LogP contribution in [-0.4, -0.2) is 18.0 Å². The number of furan rings is 1. The van der Waals surface area contributed by atoms with Crippen LogP contribution >= 0.6 is 0 Å². The molecule has 134 valence electrons. The summed E-state index contributed by atoms with van der Waals surface area (Å²) in [6.07, 6.45) is -5.59. The Hall–Kier alpha value is -2.77. The highest BCUT2D eigenvalue weighted by Gasteiger charge is 2.30. The summed E-state index contributed by atoms with van der Waals surface area (Å²) in [7, 11) is 0. The van der Waals surface area contributed by atoms with Crippen LogP contribution in [0.15, 0.2) is 34.7 Å². The van der Waals surface area contributed by atoms with Crippen LogP contribution in [-0.2, 0) is 15.7 Å². The van der Waals surface area contributed by atoms with Gasteiger partial charge in [0.05, 0.1) is 5.56 Å². The minimum absolute atomic E-state index is 0.163. The van der Waals surface area contributed by atoms with Gasteiger partial charge in [-0.25, -0.2) is 4.79 Å². The summed E-state index contributed by atoms with van der Waals surface area (Å²) < 4.78 is 47.8. The fraction of sp³-hybridized carbons (Fsp3) is 0.294. The van der Waals surface area contributed by atoms with Gasteiger partial charge < -0.3 is 14.5 Å². The van der Waals surface area contributed by atoms with Crippen molar-refractivity contribution in [2.45, 2.75) is 33.1 Å². The molecule has 1 aromatic carbocycles. The van der Waals surface area contributed by atoms with Crippen molar-refractivity contribution in [2.75, 3.05) is 5.32 Å². The van der Waals surface area contributed by atoms with Crippen molar-refractivity contribution in [3.63, 3.8) is 0 Å². The minimum atomic E-state index is -4.45. The number of carbonyl (C=O) groups is 2. The van der Waals surface area contributed by atoms with Crippen LogP contribution < -0.4 is 5.32 Å². The van der Waals surface area contributed by atoms with Gasteiger partial charge in [0, 0.05) is 5.69 Å². The maximum atomic E-state index is 12.5. The van der Waals surface area contributed by atoms with E-state index in [4.69, 9.17) is 9.15 Å². The van der Waals surface area contributed by atoms with E-state index in [9.17, 15) is 22.8 Å². The number of amides is 1. The Kier molecular flexibility index (Phi) is 5.20. The standard InChI is InChI=1S/C17H16F3NO4/c1-9-8-14(10(2)24-9)16(23)25-11(3)15(22)21-13-6-4-12(5-7-13)17(18,19)20/h4-8,11H,1-3H3,(H,21,22)/t11-/m0/s1. The molecule has 0 fully saturated rings. The van der Waals surface area contributed by atoms with E-state index in [-0.39, 0.29) is 11.3 Å². The molecule has 8 heteroatoms.